The Labute approximate surface area is 212 Å². The molecule has 0 saturated carbocycles. The molecule has 2 aromatic carbocycles. The Morgan fingerprint density at radius 1 is 0.946 bits per heavy atom. The van der Waals surface area contributed by atoms with Gasteiger partial charge in [0.25, 0.3) is 5.56 Å². The largest absolute Gasteiger partial charge is 0.493 e. The van der Waals surface area contributed by atoms with Gasteiger partial charge in [0.2, 0.25) is 0 Å². The summed E-state index contributed by atoms with van der Waals surface area (Å²) in [5.74, 6) is 0.434. The second kappa shape index (κ2) is 9.98. The lowest BCUT2D eigenvalue weighted by atomic mass is 10.1. The summed E-state index contributed by atoms with van der Waals surface area (Å²) >= 11 is 0. The molecule has 0 fully saturated rings. The Balaban J connectivity index is 1.51. The van der Waals surface area contributed by atoms with Crippen LogP contribution in [0.5, 0.6) is 11.5 Å². The number of aromatic nitrogens is 4. The number of hydrogen-bond acceptors (Lipinski definition) is 7. The number of ether oxygens (including phenoxy) is 3. The molecule has 0 aliphatic carbocycles. The van der Waals surface area contributed by atoms with Gasteiger partial charge in [0.1, 0.15) is 12.3 Å². The van der Waals surface area contributed by atoms with Crippen LogP contribution in [0, 0.1) is 6.92 Å². The molecule has 3 heterocycles. The fourth-order valence-electron chi connectivity index (χ4n) is 4.04. The number of benzene rings is 2. The number of carbonyl (C=O) groups is 1. The van der Waals surface area contributed by atoms with Crippen molar-refractivity contribution in [2.45, 2.75) is 13.5 Å². The van der Waals surface area contributed by atoms with Crippen LogP contribution in [0.15, 0.2) is 83.9 Å². The average Bonchev–Trinajstić information content (AvgIpc) is 3.38. The minimum Gasteiger partial charge on any atom is -0.493 e. The smallest absolute Gasteiger partial charge is 0.359 e. The van der Waals surface area contributed by atoms with Crippen LogP contribution in [-0.4, -0.2) is 39.4 Å². The third-order valence-corrected chi connectivity index (χ3v) is 5.91. The number of aryl methyl sites for hydroxylation is 1. The predicted molar refractivity (Wildman–Crippen MR) is 137 cm³/mol. The van der Waals surface area contributed by atoms with E-state index in [2.05, 4.69) is 10.1 Å². The van der Waals surface area contributed by atoms with E-state index < -0.39 is 5.97 Å². The second-order valence-corrected chi connectivity index (χ2v) is 8.29. The number of carbonyl (C=O) groups excluding carboxylic acids is 1. The Kier molecular flexibility index (Phi) is 6.42. The molecule has 0 radical (unpaired) electrons. The highest BCUT2D eigenvalue weighted by molar-refractivity contribution is 5.95. The average molecular weight is 497 g/mol. The summed E-state index contributed by atoms with van der Waals surface area (Å²) in [6.45, 7) is 1.69. The van der Waals surface area contributed by atoms with Crippen molar-refractivity contribution in [2.75, 3.05) is 14.2 Å². The van der Waals surface area contributed by atoms with Crippen molar-refractivity contribution < 1.29 is 19.0 Å². The zero-order valence-electron chi connectivity index (χ0n) is 20.5. The van der Waals surface area contributed by atoms with Crippen LogP contribution in [0.25, 0.3) is 22.5 Å². The zero-order valence-corrected chi connectivity index (χ0v) is 20.5. The Bertz CT molecular complexity index is 1660. The molecule has 186 valence electrons. The molecule has 0 saturated heterocycles. The lowest BCUT2D eigenvalue weighted by Gasteiger charge is -2.10. The molecule has 3 aromatic heterocycles. The summed E-state index contributed by atoms with van der Waals surface area (Å²) < 4.78 is 19.4. The first kappa shape index (κ1) is 23.8. The first-order chi connectivity index (χ1) is 18.0. The van der Waals surface area contributed by atoms with Crippen molar-refractivity contribution in [1.29, 1.82) is 0 Å². The fourth-order valence-corrected chi connectivity index (χ4v) is 4.04. The third kappa shape index (κ3) is 4.66. The molecule has 9 heteroatoms. The van der Waals surface area contributed by atoms with Crippen LogP contribution in [-0.2, 0) is 11.3 Å². The molecule has 0 spiro atoms. The van der Waals surface area contributed by atoms with E-state index in [0.717, 1.165) is 11.3 Å². The summed E-state index contributed by atoms with van der Waals surface area (Å²) in [5.41, 5.74) is 3.60. The van der Waals surface area contributed by atoms with E-state index in [9.17, 15) is 9.59 Å². The normalized spacial score (nSPS) is 10.9. The van der Waals surface area contributed by atoms with Crippen molar-refractivity contribution in [3.63, 3.8) is 0 Å². The maximum Gasteiger partial charge on any atom is 0.359 e. The maximum absolute atomic E-state index is 13.3. The lowest BCUT2D eigenvalue weighted by molar-refractivity contribution is 0.0461. The fraction of sp³-hybridized carbons (Fsp3) is 0.143. The highest BCUT2D eigenvalue weighted by atomic mass is 16.5. The van der Waals surface area contributed by atoms with Gasteiger partial charge in [-0.05, 0) is 48.4 Å². The quantitative estimate of drug-likeness (QED) is 0.311. The lowest BCUT2D eigenvalue weighted by Crippen LogP contribution is -2.17. The summed E-state index contributed by atoms with van der Waals surface area (Å²) in [5, 5.41) is 4.53. The van der Waals surface area contributed by atoms with Gasteiger partial charge < -0.3 is 14.2 Å². The number of para-hydroxylation sites is 1. The number of pyridine rings is 1. The molecule has 0 atom stereocenters. The molecule has 0 bridgehead atoms. The number of rotatable bonds is 7. The first-order valence-electron chi connectivity index (χ1n) is 11.5. The maximum atomic E-state index is 13.3. The zero-order chi connectivity index (χ0) is 25.9. The van der Waals surface area contributed by atoms with Crippen molar-refractivity contribution >= 4 is 11.6 Å². The number of methoxy groups -OCH3 is 2. The van der Waals surface area contributed by atoms with Crippen LogP contribution >= 0.6 is 0 Å². The summed E-state index contributed by atoms with van der Waals surface area (Å²) in [6, 6.07) is 19.8. The first-order valence-corrected chi connectivity index (χ1v) is 11.5. The Morgan fingerprint density at radius 3 is 2.49 bits per heavy atom. The number of nitrogens with zero attached hydrogens (tertiary/aromatic N) is 4. The van der Waals surface area contributed by atoms with E-state index in [1.165, 1.54) is 10.5 Å². The molecule has 37 heavy (non-hydrogen) atoms. The van der Waals surface area contributed by atoms with E-state index in [1.807, 2.05) is 49.4 Å². The monoisotopic (exact) mass is 496 g/mol. The molecule has 0 N–H and O–H groups in total. The predicted octanol–water partition coefficient (Wildman–Crippen LogP) is 4.23. The van der Waals surface area contributed by atoms with Crippen LogP contribution in [0.3, 0.4) is 0 Å². The third-order valence-electron chi connectivity index (χ3n) is 5.91. The molecule has 5 rings (SSSR count). The van der Waals surface area contributed by atoms with Gasteiger partial charge in [0, 0.05) is 24.0 Å². The molecule has 0 aliphatic heterocycles. The number of fused-ring (bicyclic) bond motifs is 1. The summed E-state index contributed by atoms with van der Waals surface area (Å²) in [4.78, 5) is 30.3. The van der Waals surface area contributed by atoms with Gasteiger partial charge in [-0.25, -0.2) is 14.5 Å². The van der Waals surface area contributed by atoms with Crippen LogP contribution in [0.2, 0.25) is 0 Å². The molecule has 5 aromatic rings. The minimum absolute atomic E-state index is 0.116. The topological polar surface area (TPSA) is 97.0 Å². The minimum atomic E-state index is -0.647. The van der Waals surface area contributed by atoms with Gasteiger partial charge in [0.05, 0.1) is 25.6 Å². The van der Waals surface area contributed by atoms with Crippen molar-refractivity contribution in [3.05, 3.63) is 106 Å². The van der Waals surface area contributed by atoms with E-state index in [4.69, 9.17) is 14.2 Å². The highest BCUT2D eigenvalue weighted by Gasteiger charge is 2.22. The number of esters is 1. The number of hydrogen-bond donors (Lipinski definition) is 0. The highest BCUT2D eigenvalue weighted by Crippen LogP contribution is 2.34. The summed E-state index contributed by atoms with van der Waals surface area (Å²) in [7, 11) is 3.10. The summed E-state index contributed by atoms with van der Waals surface area (Å²) in [6.07, 6.45) is 3.41. The van der Waals surface area contributed by atoms with Gasteiger partial charge in [-0.15, -0.1) is 0 Å². The van der Waals surface area contributed by atoms with Crippen molar-refractivity contribution in [2.24, 2.45) is 0 Å². The van der Waals surface area contributed by atoms with Crippen molar-refractivity contribution in [1.82, 2.24) is 19.2 Å². The van der Waals surface area contributed by atoms with Crippen LogP contribution in [0.4, 0.5) is 0 Å². The molecular formula is C28H24N4O5. The van der Waals surface area contributed by atoms with E-state index in [0.29, 0.717) is 34.0 Å². The van der Waals surface area contributed by atoms with Gasteiger partial charge in [-0.1, -0.05) is 30.3 Å². The van der Waals surface area contributed by atoms with E-state index in [-0.39, 0.29) is 17.9 Å². The van der Waals surface area contributed by atoms with Gasteiger partial charge in [-0.2, -0.15) is 5.10 Å². The Morgan fingerprint density at radius 2 is 1.73 bits per heavy atom. The van der Waals surface area contributed by atoms with Crippen molar-refractivity contribution in [3.8, 4) is 28.3 Å². The molecule has 9 nitrogen and oxygen atoms in total. The molecular weight excluding hydrogens is 472 g/mol. The van der Waals surface area contributed by atoms with E-state index in [1.54, 1.807) is 49.5 Å². The molecule has 0 amide bonds. The second-order valence-electron chi connectivity index (χ2n) is 8.29. The van der Waals surface area contributed by atoms with E-state index >= 15 is 0 Å². The van der Waals surface area contributed by atoms with Crippen LogP contribution in [0.1, 0.15) is 21.7 Å². The standard InChI is InChI=1S/C28H24N4O5/c1-18-8-7-13-31-25(33)15-20(29-27(18)31)17-37-28(34)26-22(16-32(30-26)21-9-5-4-6-10-21)19-11-12-23(35-2)24(14-19)36-3/h4-16H,17H2,1-3H3. The Hall–Kier alpha value is -4.92. The molecule has 0 unspecified atom stereocenters. The van der Waals surface area contributed by atoms with Crippen LogP contribution < -0.4 is 15.0 Å². The van der Waals surface area contributed by atoms with Gasteiger partial charge in [0.15, 0.2) is 17.2 Å². The molecule has 0 aliphatic rings. The SMILES string of the molecule is COc1ccc(-c2cn(-c3ccccc3)nc2C(=O)OCc2cc(=O)n3cccc(C)c3n2)cc1OC. The van der Waals surface area contributed by atoms with Gasteiger partial charge >= 0.3 is 5.97 Å². The van der Waals surface area contributed by atoms with Gasteiger partial charge in [-0.3, -0.25) is 9.20 Å².